The number of aryl methyl sites for hydroxylation is 1. The minimum Gasteiger partial charge on any atom is -0.481 e. The molecule has 0 bridgehead atoms. The van der Waals surface area contributed by atoms with Crippen molar-refractivity contribution in [3.8, 4) is 0 Å². The lowest BCUT2D eigenvalue weighted by molar-refractivity contribution is -0.137. The Morgan fingerprint density at radius 1 is 0.935 bits per heavy atom. The van der Waals surface area contributed by atoms with E-state index in [1.54, 1.807) is 0 Å². The number of hydrogen-bond donors (Lipinski definition) is 2. The number of benzene rings is 1. The Morgan fingerprint density at radius 3 is 1.97 bits per heavy atom. The van der Waals surface area contributed by atoms with E-state index in [4.69, 9.17) is 51.5 Å². The van der Waals surface area contributed by atoms with Gasteiger partial charge in [-0.25, -0.2) is 4.79 Å². The van der Waals surface area contributed by atoms with Gasteiger partial charge in [-0.2, -0.15) is 5.01 Å². The Bertz CT molecular complexity index is 632. The van der Waals surface area contributed by atoms with Gasteiger partial charge < -0.3 is 15.3 Å². The summed E-state index contributed by atoms with van der Waals surface area (Å²) in [5.74, 6) is 0.848. The summed E-state index contributed by atoms with van der Waals surface area (Å²) in [6.45, 7) is 1.94. The van der Waals surface area contributed by atoms with Gasteiger partial charge in [0.15, 0.2) is 0 Å². The van der Waals surface area contributed by atoms with Crippen molar-refractivity contribution < 1.29 is 14.7 Å². The summed E-state index contributed by atoms with van der Waals surface area (Å²) < 4.78 is 0. The fourth-order valence-electron chi connectivity index (χ4n) is 2.40. The van der Waals surface area contributed by atoms with E-state index in [9.17, 15) is 14.5 Å². The average Bonchev–Trinajstić information content (AvgIpc) is 2.76. The van der Waals surface area contributed by atoms with E-state index in [2.05, 4.69) is 15.5 Å². The summed E-state index contributed by atoms with van der Waals surface area (Å²) in [5.41, 5.74) is 2.25. The van der Waals surface area contributed by atoms with E-state index in [0.717, 1.165) is 30.8 Å². The average molecular weight is 518 g/mol. The Hall–Kier alpha value is -1.48. The molecule has 0 spiro atoms. The molecule has 0 heterocycles. The van der Waals surface area contributed by atoms with Gasteiger partial charge in [-0.05, 0) is 30.5 Å². The van der Waals surface area contributed by atoms with Crippen LogP contribution in [0.2, 0.25) is 0 Å². The number of halogens is 4. The van der Waals surface area contributed by atoms with E-state index < -0.39 is 12.0 Å². The molecular weight excluding hydrogens is 490 g/mol. The normalized spacial score (nSPS) is 9.94. The minimum absolute atomic E-state index is 0.0964. The number of nitrogens with zero attached hydrogens (tertiary/aromatic N) is 3. The molecule has 1 aromatic carbocycles. The SMILES string of the molecule is O=C(O)CCCc1ccc(N(CCCl)CCCl)cc1.O=NN(CCCl)C(=O)NCCCl. The highest BCUT2D eigenvalue weighted by Gasteiger charge is 2.11. The minimum atomic E-state index is -0.743. The molecule has 0 aliphatic rings. The lowest BCUT2D eigenvalue weighted by Gasteiger charge is -2.23. The second-order valence-corrected chi connectivity index (χ2v) is 7.61. The molecule has 2 amide bonds. The zero-order valence-corrected chi connectivity index (χ0v) is 20.1. The first-order valence-corrected chi connectivity index (χ1v) is 11.7. The molecule has 0 aliphatic heterocycles. The highest BCUT2D eigenvalue weighted by Crippen LogP contribution is 2.16. The number of carbonyl (C=O) groups excluding carboxylic acids is 1. The number of hydrogen-bond acceptors (Lipinski definition) is 5. The number of carbonyl (C=O) groups is 2. The third-order valence-electron chi connectivity index (χ3n) is 3.87. The summed E-state index contributed by atoms with van der Waals surface area (Å²) in [7, 11) is 0. The molecule has 0 aromatic heterocycles. The van der Waals surface area contributed by atoms with E-state index in [1.807, 2.05) is 24.3 Å². The van der Waals surface area contributed by atoms with Crippen LogP contribution in [0.4, 0.5) is 10.5 Å². The molecule has 8 nitrogen and oxygen atoms in total. The van der Waals surface area contributed by atoms with Gasteiger partial charge in [0, 0.05) is 55.3 Å². The smallest absolute Gasteiger partial charge is 0.340 e. The van der Waals surface area contributed by atoms with E-state index >= 15 is 0 Å². The van der Waals surface area contributed by atoms with Gasteiger partial charge in [-0.1, -0.05) is 12.1 Å². The molecule has 0 unspecified atom stereocenters. The molecule has 2 N–H and O–H groups in total. The van der Waals surface area contributed by atoms with Crippen LogP contribution in [0.5, 0.6) is 0 Å². The van der Waals surface area contributed by atoms with Crippen LogP contribution >= 0.6 is 46.4 Å². The third-order valence-corrected chi connectivity index (χ3v) is 4.56. The number of carboxylic acid groups (broad SMARTS) is 1. The van der Waals surface area contributed by atoms with Crippen LogP contribution in [0, 0.1) is 4.91 Å². The fourth-order valence-corrected chi connectivity index (χ4v) is 3.06. The van der Waals surface area contributed by atoms with Crippen LogP contribution in [-0.4, -0.2) is 71.8 Å². The van der Waals surface area contributed by atoms with Gasteiger partial charge in [0.25, 0.3) is 0 Å². The van der Waals surface area contributed by atoms with Crippen molar-refractivity contribution in [1.29, 1.82) is 0 Å². The molecule has 0 radical (unpaired) electrons. The predicted molar refractivity (Wildman–Crippen MR) is 128 cm³/mol. The zero-order valence-electron chi connectivity index (χ0n) is 17.1. The van der Waals surface area contributed by atoms with E-state index in [0.29, 0.717) is 35.6 Å². The molecule has 0 aliphatic carbocycles. The maximum Gasteiger partial charge on any atom is 0.340 e. The van der Waals surface area contributed by atoms with Crippen LogP contribution in [0.1, 0.15) is 18.4 Å². The summed E-state index contributed by atoms with van der Waals surface area (Å²) >= 11 is 22.2. The molecule has 0 fully saturated rings. The summed E-state index contributed by atoms with van der Waals surface area (Å²) in [4.78, 5) is 33.5. The molecule has 31 heavy (non-hydrogen) atoms. The first-order valence-electron chi connectivity index (χ1n) is 9.61. The van der Waals surface area contributed by atoms with Crippen molar-refractivity contribution in [3.05, 3.63) is 34.7 Å². The molecule has 176 valence electrons. The number of rotatable bonds is 14. The fraction of sp³-hybridized carbons (Fsp3) is 0.579. The lowest BCUT2D eigenvalue weighted by Crippen LogP contribution is -2.38. The maximum atomic E-state index is 10.9. The van der Waals surface area contributed by atoms with Gasteiger partial charge in [0.1, 0.15) is 0 Å². The Labute approximate surface area is 202 Å². The van der Waals surface area contributed by atoms with E-state index in [1.165, 1.54) is 0 Å². The Morgan fingerprint density at radius 2 is 1.52 bits per heavy atom. The van der Waals surface area contributed by atoms with Gasteiger partial charge in [0.2, 0.25) is 0 Å². The van der Waals surface area contributed by atoms with Gasteiger partial charge >= 0.3 is 12.0 Å². The van der Waals surface area contributed by atoms with Crippen LogP contribution in [0.25, 0.3) is 0 Å². The van der Waals surface area contributed by atoms with Crippen molar-refractivity contribution in [1.82, 2.24) is 10.3 Å². The number of nitrogens with one attached hydrogen (secondary N) is 1. The molecule has 0 saturated heterocycles. The topological polar surface area (TPSA) is 102 Å². The molecule has 12 heteroatoms. The Kier molecular flexibility index (Phi) is 18.3. The number of nitroso groups, excluding NO2 is 1. The quantitative estimate of drug-likeness (QED) is 0.214. The molecule has 1 rings (SSSR count). The molecule has 0 atom stereocenters. The van der Waals surface area contributed by atoms with Crippen molar-refractivity contribution in [3.63, 3.8) is 0 Å². The van der Waals surface area contributed by atoms with Gasteiger partial charge in [-0.15, -0.1) is 51.3 Å². The molecular formula is C19H28Cl4N4O4. The van der Waals surface area contributed by atoms with Crippen LogP contribution in [-0.2, 0) is 11.2 Å². The lowest BCUT2D eigenvalue weighted by atomic mass is 10.1. The number of urea groups is 1. The first kappa shape index (κ1) is 29.5. The van der Waals surface area contributed by atoms with Gasteiger partial charge in [-0.3, -0.25) is 4.79 Å². The summed E-state index contributed by atoms with van der Waals surface area (Å²) in [6, 6.07) is 7.57. The second kappa shape index (κ2) is 19.2. The van der Waals surface area contributed by atoms with Crippen LogP contribution in [0.15, 0.2) is 29.6 Å². The largest absolute Gasteiger partial charge is 0.481 e. The monoisotopic (exact) mass is 516 g/mol. The van der Waals surface area contributed by atoms with E-state index in [-0.39, 0.29) is 18.8 Å². The summed E-state index contributed by atoms with van der Waals surface area (Å²) in [5, 5.41) is 14.1. The predicted octanol–water partition coefficient (Wildman–Crippen LogP) is 4.53. The highest BCUT2D eigenvalue weighted by atomic mass is 35.5. The zero-order chi connectivity index (χ0) is 23.5. The Balaban J connectivity index is 0.000000649. The van der Waals surface area contributed by atoms with Crippen molar-refractivity contribution >= 4 is 64.1 Å². The van der Waals surface area contributed by atoms with Crippen molar-refractivity contribution in [2.75, 3.05) is 54.6 Å². The standard InChI is InChI=1S/C14H19Cl2NO2.C5H9Cl2N3O2/c15-8-10-17(11-9-16)13-6-4-12(5-7-13)2-1-3-14(18)19;6-1-3-8-5(11)10(9-12)4-2-7/h4-7H,1-3,8-11H2,(H,18,19);1-4H2,(H,8,11). The number of anilines is 1. The first-order chi connectivity index (χ1) is 14.9. The number of alkyl halides is 4. The van der Waals surface area contributed by atoms with Crippen molar-refractivity contribution in [2.45, 2.75) is 19.3 Å². The van der Waals surface area contributed by atoms with Crippen LogP contribution in [0.3, 0.4) is 0 Å². The number of aliphatic carboxylic acids is 1. The molecule has 0 saturated carbocycles. The molecule has 1 aromatic rings. The van der Waals surface area contributed by atoms with Gasteiger partial charge in [0.05, 0.1) is 11.8 Å². The summed E-state index contributed by atoms with van der Waals surface area (Å²) in [6.07, 6.45) is 1.67. The number of amides is 2. The number of carboxylic acids is 1. The third kappa shape index (κ3) is 14.2. The second-order valence-electron chi connectivity index (χ2n) is 6.09. The highest BCUT2D eigenvalue weighted by molar-refractivity contribution is 6.19. The maximum absolute atomic E-state index is 10.9. The van der Waals surface area contributed by atoms with Crippen LogP contribution < -0.4 is 10.2 Å². The van der Waals surface area contributed by atoms with Crippen molar-refractivity contribution in [2.24, 2.45) is 5.29 Å².